The number of halogens is 2. The van der Waals surface area contributed by atoms with Crippen LogP contribution in [0.3, 0.4) is 0 Å². The quantitative estimate of drug-likeness (QED) is 0.427. The van der Waals surface area contributed by atoms with E-state index in [1.165, 1.54) is 31.1 Å². The number of nitrogens with zero attached hydrogens (tertiary/aromatic N) is 4. The van der Waals surface area contributed by atoms with Crippen LogP contribution in [0.4, 0.5) is 13.6 Å². The number of sulfonamides is 1. The van der Waals surface area contributed by atoms with Gasteiger partial charge in [-0.15, -0.1) is 0 Å². The summed E-state index contributed by atoms with van der Waals surface area (Å²) in [6, 6.07) is 15.8. The van der Waals surface area contributed by atoms with Crippen LogP contribution >= 0.6 is 0 Å². The Morgan fingerprint density at radius 1 is 0.936 bits per heavy atom. The summed E-state index contributed by atoms with van der Waals surface area (Å²) >= 11 is 0. The van der Waals surface area contributed by atoms with E-state index < -0.39 is 27.5 Å². The molecule has 10 nitrogen and oxygen atoms in total. The first kappa shape index (κ1) is 33.5. The number of hydrogen-bond acceptors (Lipinski definition) is 6. The highest BCUT2D eigenvalue weighted by molar-refractivity contribution is 7.89. The van der Waals surface area contributed by atoms with E-state index in [4.69, 9.17) is 0 Å². The Morgan fingerprint density at radius 3 is 2.19 bits per heavy atom. The van der Waals surface area contributed by atoms with Crippen LogP contribution in [0.2, 0.25) is 0 Å². The molecule has 47 heavy (non-hydrogen) atoms. The second-order valence-electron chi connectivity index (χ2n) is 13.8. The van der Waals surface area contributed by atoms with Crippen molar-refractivity contribution >= 4 is 27.9 Å². The Morgan fingerprint density at radius 2 is 1.57 bits per heavy atom. The Hall–Kier alpha value is -3.42. The van der Waals surface area contributed by atoms with Gasteiger partial charge in [0.2, 0.25) is 21.9 Å². The first-order valence-electron chi connectivity index (χ1n) is 16.4. The molecule has 1 aliphatic carbocycles. The number of carbonyl (C=O) groups excluding carboxylic acids is 3. The molecule has 1 saturated carbocycles. The van der Waals surface area contributed by atoms with Gasteiger partial charge in [0.25, 0.3) is 5.91 Å². The Balaban J connectivity index is 1.08. The van der Waals surface area contributed by atoms with Crippen molar-refractivity contribution in [2.75, 3.05) is 46.8 Å². The summed E-state index contributed by atoms with van der Waals surface area (Å²) in [5, 5.41) is 2.95. The van der Waals surface area contributed by atoms with Gasteiger partial charge in [0.1, 0.15) is 5.54 Å². The summed E-state index contributed by atoms with van der Waals surface area (Å²) in [6.07, 6.45) is 0.873. The van der Waals surface area contributed by atoms with Crippen LogP contribution in [0, 0.1) is 11.8 Å². The van der Waals surface area contributed by atoms with Crippen molar-refractivity contribution in [3.05, 3.63) is 65.7 Å². The van der Waals surface area contributed by atoms with E-state index in [2.05, 4.69) is 22.3 Å². The number of urea groups is 1. The topological polar surface area (TPSA) is 110 Å². The van der Waals surface area contributed by atoms with Crippen LogP contribution in [0.15, 0.2) is 59.5 Å². The molecular weight excluding hydrogens is 628 g/mol. The second-order valence-corrected chi connectivity index (χ2v) is 15.9. The fourth-order valence-electron chi connectivity index (χ4n) is 7.63. The van der Waals surface area contributed by atoms with E-state index >= 15 is 0 Å². The maximum atomic E-state index is 13.8. The summed E-state index contributed by atoms with van der Waals surface area (Å²) < 4.78 is 53.5. The lowest BCUT2D eigenvalue weighted by molar-refractivity contribution is -0.139. The van der Waals surface area contributed by atoms with Crippen molar-refractivity contribution in [1.82, 2.24) is 24.3 Å². The van der Waals surface area contributed by atoms with Crippen molar-refractivity contribution in [1.29, 1.82) is 0 Å². The number of carbonyl (C=O) groups is 3. The summed E-state index contributed by atoms with van der Waals surface area (Å²) in [6.45, 7) is 3.08. The molecule has 0 radical (unpaired) electrons. The average Bonchev–Trinajstić information content (AvgIpc) is 3.57. The van der Waals surface area contributed by atoms with Gasteiger partial charge in [-0.2, -0.15) is 0 Å². The number of piperidine rings is 1. The minimum Gasteiger partial charge on any atom is -0.341 e. The number of benzene rings is 2. The number of hydrogen-bond donors (Lipinski definition) is 1. The van der Waals surface area contributed by atoms with Gasteiger partial charge >= 0.3 is 6.03 Å². The fraction of sp³-hybridized carbons (Fsp3) is 0.559. The number of nitrogens with one attached hydrogen (secondary N) is 1. The van der Waals surface area contributed by atoms with Gasteiger partial charge < -0.3 is 15.1 Å². The highest BCUT2D eigenvalue weighted by atomic mass is 32.2. The lowest BCUT2D eigenvalue weighted by Crippen LogP contribution is -2.55. The predicted octanol–water partition coefficient (Wildman–Crippen LogP) is 3.89. The van der Waals surface area contributed by atoms with Crippen LogP contribution in [0.5, 0.6) is 0 Å². The molecule has 2 atom stereocenters. The van der Waals surface area contributed by atoms with Crippen molar-refractivity contribution < 1.29 is 31.6 Å². The zero-order valence-electron chi connectivity index (χ0n) is 26.9. The summed E-state index contributed by atoms with van der Waals surface area (Å²) in [5.74, 6) is -3.07. The predicted molar refractivity (Wildman–Crippen MR) is 171 cm³/mol. The molecule has 3 saturated heterocycles. The molecular formula is C34H43F2N5O5S. The van der Waals surface area contributed by atoms with Crippen molar-refractivity contribution in [2.24, 2.45) is 11.8 Å². The first-order valence-corrected chi connectivity index (χ1v) is 17.8. The Kier molecular flexibility index (Phi) is 9.18. The largest absolute Gasteiger partial charge is 0.341 e. The highest BCUT2D eigenvalue weighted by Gasteiger charge is 2.52. The normalized spacial score (nSPS) is 25.1. The fourth-order valence-corrected chi connectivity index (χ4v) is 8.53. The number of alkyl halides is 2. The molecule has 6 rings (SSSR count). The molecule has 0 bridgehead atoms. The summed E-state index contributed by atoms with van der Waals surface area (Å²) in [5.41, 5.74) is 0.814. The van der Waals surface area contributed by atoms with E-state index in [0.717, 1.165) is 16.4 Å². The van der Waals surface area contributed by atoms with Gasteiger partial charge in [0.15, 0.2) is 0 Å². The van der Waals surface area contributed by atoms with E-state index in [1.807, 2.05) is 23.1 Å². The van der Waals surface area contributed by atoms with Crippen LogP contribution < -0.4 is 5.32 Å². The molecule has 254 valence electrons. The number of likely N-dealkylation sites (tertiary alicyclic amines) is 2. The minimum absolute atomic E-state index is 0.0187. The second kappa shape index (κ2) is 12.9. The van der Waals surface area contributed by atoms with Crippen LogP contribution in [0.1, 0.15) is 55.6 Å². The lowest BCUT2D eigenvalue weighted by atomic mass is 9.85. The maximum Gasteiger partial charge on any atom is 0.325 e. The van der Waals surface area contributed by atoms with Gasteiger partial charge in [0, 0.05) is 71.5 Å². The SMILES string of the molecule is CN(C)S(=O)(=O)c1ccc(CN2C(=O)NC3(CCN(CC4CN(C(=O)C5CCC(F)(F)CC5)CC4c4ccccc4)CC3)C2=O)cc1. The molecule has 1 spiro atoms. The Bertz CT molecular complexity index is 1590. The maximum absolute atomic E-state index is 13.8. The van der Waals surface area contributed by atoms with Crippen LogP contribution in [-0.4, -0.2) is 104 Å². The third kappa shape index (κ3) is 6.80. The van der Waals surface area contributed by atoms with Crippen LogP contribution in [-0.2, 0) is 26.2 Å². The van der Waals surface area contributed by atoms with Gasteiger partial charge in [-0.1, -0.05) is 42.5 Å². The number of amides is 4. The monoisotopic (exact) mass is 671 g/mol. The molecule has 2 aromatic carbocycles. The molecule has 3 aliphatic heterocycles. The average molecular weight is 672 g/mol. The smallest absolute Gasteiger partial charge is 0.325 e. The molecule has 4 fully saturated rings. The van der Waals surface area contributed by atoms with Gasteiger partial charge in [-0.05, 0) is 54.9 Å². The highest BCUT2D eigenvalue weighted by Crippen LogP contribution is 2.40. The van der Waals surface area contributed by atoms with E-state index in [9.17, 15) is 31.6 Å². The van der Waals surface area contributed by atoms with Crippen LogP contribution in [0.25, 0.3) is 0 Å². The van der Waals surface area contributed by atoms with Crippen molar-refractivity contribution in [3.8, 4) is 0 Å². The van der Waals surface area contributed by atoms with Crippen molar-refractivity contribution in [2.45, 2.75) is 67.3 Å². The molecule has 0 aromatic heterocycles. The van der Waals surface area contributed by atoms with Gasteiger partial charge in [-0.3, -0.25) is 14.5 Å². The third-order valence-electron chi connectivity index (χ3n) is 10.5. The summed E-state index contributed by atoms with van der Waals surface area (Å²) in [7, 11) is -0.678. The molecule has 4 amide bonds. The Labute approximate surface area is 275 Å². The minimum atomic E-state index is -3.59. The van der Waals surface area contributed by atoms with Crippen molar-refractivity contribution in [3.63, 3.8) is 0 Å². The van der Waals surface area contributed by atoms with E-state index in [0.29, 0.717) is 44.6 Å². The number of rotatable bonds is 8. The lowest BCUT2D eigenvalue weighted by Gasteiger charge is -2.39. The van der Waals surface area contributed by atoms with E-state index in [-0.39, 0.29) is 66.7 Å². The first-order chi connectivity index (χ1) is 22.3. The molecule has 3 heterocycles. The standard InChI is InChI=1S/C34H43F2N5O5S/c1-38(2)47(45,46)28-10-8-24(9-11-28)20-41-31(43)33(37-32(41)44)16-18-39(19-17-33)21-27-22-40(23-29(27)25-6-4-3-5-7-25)30(42)26-12-14-34(35,36)15-13-26/h3-11,26-27,29H,12-23H2,1-2H3,(H,37,44). The number of imide groups is 1. The zero-order chi connectivity index (χ0) is 33.6. The molecule has 2 aromatic rings. The van der Waals surface area contributed by atoms with Gasteiger partial charge in [0.05, 0.1) is 11.4 Å². The molecule has 2 unspecified atom stereocenters. The zero-order valence-corrected chi connectivity index (χ0v) is 27.7. The molecule has 4 aliphatic rings. The van der Waals surface area contributed by atoms with E-state index in [1.54, 1.807) is 12.1 Å². The van der Waals surface area contributed by atoms with Gasteiger partial charge in [-0.25, -0.2) is 26.3 Å². The molecule has 13 heteroatoms. The third-order valence-corrected chi connectivity index (χ3v) is 12.4. The molecule has 1 N–H and O–H groups in total. The summed E-state index contributed by atoms with van der Waals surface area (Å²) in [4.78, 5) is 45.6.